The van der Waals surface area contributed by atoms with E-state index in [1.54, 1.807) is 66.7 Å². The lowest BCUT2D eigenvalue weighted by atomic mass is 10.2. The molecule has 4 aromatic carbocycles. The molecule has 222 valence electrons. The Balaban J connectivity index is 1.43. The van der Waals surface area contributed by atoms with Crippen LogP contribution in [0.4, 0.5) is 11.4 Å². The van der Waals surface area contributed by atoms with Gasteiger partial charge in [0.1, 0.15) is 24.7 Å². The molecular formula is C31H30N4O7S. The molecule has 11 nitrogen and oxygen atoms in total. The summed E-state index contributed by atoms with van der Waals surface area (Å²) in [6.45, 7) is 3.36. The fraction of sp³-hybridized carbons (Fsp3) is 0.161. The van der Waals surface area contributed by atoms with E-state index in [9.17, 15) is 23.3 Å². The van der Waals surface area contributed by atoms with Crippen molar-refractivity contribution in [2.45, 2.75) is 25.3 Å². The quantitative estimate of drug-likeness (QED) is 0.134. The molecular weight excluding hydrogens is 572 g/mol. The van der Waals surface area contributed by atoms with Crippen LogP contribution >= 0.6 is 0 Å². The number of nitrogens with zero attached hydrogens (tertiary/aromatic N) is 3. The first kappa shape index (κ1) is 30.7. The van der Waals surface area contributed by atoms with E-state index in [2.05, 4.69) is 10.5 Å². The molecule has 0 saturated heterocycles. The number of aryl methyl sites for hydroxylation is 2. The van der Waals surface area contributed by atoms with E-state index < -0.39 is 27.4 Å². The summed E-state index contributed by atoms with van der Waals surface area (Å²) in [7, 11) is -2.70. The lowest BCUT2D eigenvalue weighted by Gasteiger charge is -2.25. The van der Waals surface area contributed by atoms with Crippen LogP contribution in [0.2, 0.25) is 0 Å². The average Bonchev–Trinajstić information content (AvgIpc) is 3.00. The van der Waals surface area contributed by atoms with E-state index in [1.807, 2.05) is 13.8 Å². The second kappa shape index (κ2) is 13.6. The van der Waals surface area contributed by atoms with E-state index in [4.69, 9.17) is 9.47 Å². The number of hydrogen-bond acceptors (Lipinski definition) is 8. The number of hydrazone groups is 1. The van der Waals surface area contributed by atoms with Gasteiger partial charge in [-0.25, -0.2) is 13.8 Å². The zero-order chi connectivity index (χ0) is 31.0. The summed E-state index contributed by atoms with van der Waals surface area (Å²) < 4.78 is 39.5. The van der Waals surface area contributed by atoms with Crippen LogP contribution in [0, 0.1) is 24.0 Å². The van der Waals surface area contributed by atoms with E-state index >= 15 is 0 Å². The maximum absolute atomic E-state index is 13.7. The molecule has 0 radical (unpaired) electrons. The third-order valence-electron chi connectivity index (χ3n) is 6.33. The second-order valence-corrected chi connectivity index (χ2v) is 11.4. The van der Waals surface area contributed by atoms with Gasteiger partial charge >= 0.3 is 0 Å². The van der Waals surface area contributed by atoms with Crippen molar-refractivity contribution in [2.75, 3.05) is 18.0 Å². The van der Waals surface area contributed by atoms with Crippen LogP contribution in [0.3, 0.4) is 0 Å². The highest BCUT2D eigenvalue weighted by molar-refractivity contribution is 7.92. The highest BCUT2D eigenvalue weighted by Gasteiger charge is 2.29. The molecule has 4 rings (SSSR count). The number of rotatable bonds is 12. The first-order valence-corrected chi connectivity index (χ1v) is 14.5. The summed E-state index contributed by atoms with van der Waals surface area (Å²) >= 11 is 0. The van der Waals surface area contributed by atoms with Crippen LogP contribution in [-0.2, 0) is 21.4 Å². The minimum atomic E-state index is -4.13. The van der Waals surface area contributed by atoms with Crippen LogP contribution in [0.15, 0.2) is 101 Å². The predicted octanol–water partition coefficient (Wildman–Crippen LogP) is 5.14. The van der Waals surface area contributed by atoms with Crippen LogP contribution in [0.5, 0.6) is 11.5 Å². The number of anilines is 1. The Labute approximate surface area is 249 Å². The van der Waals surface area contributed by atoms with Gasteiger partial charge in [-0.15, -0.1) is 0 Å². The summed E-state index contributed by atoms with van der Waals surface area (Å²) in [5.41, 5.74) is 5.76. The van der Waals surface area contributed by atoms with E-state index in [1.165, 1.54) is 37.6 Å². The first-order valence-electron chi connectivity index (χ1n) is 13.1. The van der Waals surface area contributed by atoms with Gasteiger partial charge in [0.2, 0.25) is 0 Å². The Hall–Kier alpha value is -5.23. The molecule has 0 fully saturated rings. The van der Waals surface area contributed by atoms with Gasteiger partial charge in [-0.1, -0.05) is 23.8 Å². The minimum Gasteiger partial charge on any atom is -0.495 e. The number of hydrogen-bond donors (Lipinski definition) is 1. The number of non-ortho nitro benzene ring substituents is 1. The van der Waals surface area contributed by atoms with Crippen molar-refractivity contribution in [2.24, 2.45) is 5.10 Å². The number of sulfonamides is 1. The molecule has 0 spiro atoms. The molecule has 12 heteroatoms. The number of methoxy groups -OCH3 is 1. The van der Waals surface area contributed by atoms with Crippen molar-refractivity contribution in [3.63, 3.8) is 0 Å². The number of amides is 1. The third kappa shape index (κ3) is 7.95. The van der Waals surface area contributed by atoms with Gasteiger partial charge in [-0.3, -0.25) is 19.2 Å². The lowest BCUT2D eigenvalue weighted by Crippen LogP contribution is -2.39. The highest BCUT2D eigenvalue weighted by atomic mass is 32.2. The molecule has 4 aromatic rings. The maximum Gasteiger partial charge on any atom is 0.269 e. The molecule has 0 aromatic heterocycles. The van der Waals surface area contributed by atoms with Gasteiger partial charge in [-0.05, 0) is 91.2 Å². The number of ether oxygens (including phenoxy) is 2. The Morgan fingerprint density at radius 1 is 0.953 bits per heavy atom. The van der Waals surface area contributed by atoms with E-state index in [-0.39, 0.29) is 22.9 Å². The summed E-state index contributed by atoms with van der Waals surface area (Å²) in [6, 6.07) is 24.4. The normalized spacial score (nSPS) is 11.2. The molecule has 0 atom stereocenters. The molecule has 0 unspecified atom stereocenters. The number of nitro benzene ring substituents is 1. The maximum atomic E-state index is 13.7. The summed E-state index contributed by atoms with van der Waals surface area (Å²) in [4.78, 5) is 23.3. The van der Waals surface area contributed by atoms with Gasteiger partial charge in [0.25, 0.3) is 21.6 Å². The fourth-order valence-electron chi connectivity index (χ4n) is 4.01. The van der Waals surface area contributed by atoms with Crippen molar-refractivity contribution >= 4 is 33.5 Å². The standard InChI is InChI=1S/C31H30N4O7S/c1-22-4-15-28(16-5-22)43(39,40)34(29-18-23(2)6-17-30(29)41-3)20-31(36)33-32-19-24-9-13-27(14-10-24)42-21-25-7-11-26(12-8-25)35(37)38/h4-19H,20-21H2,1-3H3,(H,33,36)/b32-19-. The topological polar surface area (TPSA) is 140 Å². The molecule has 0 bridgehead atoms. The van der Waals surface area contributed by atoms with Gasteiger partial charge in [0.05, 0.1) is 28.8 Å². The van der Waals surface area contributed by atoms with Gasteiger partial charge in [0.15, 0.2) is 0 Å². The summed E-state index contributed by atoms with van der Waals surface area (Å²) in [5, 5.41) is 14.8. The molecule has 1 amide bonds. The number of nitro groups is 1. The van der Waals surface area contributed by atoms with Crippen molar-refractivity contribution in [3.05, 3.63) is 123 Å². The van der Waals surface area contributed by atoms with Crippen molar-refractivity contribution in [1.29, 1.82) is 0 Å². The largest absolute Gasteiger partial charge is 0.495 e. The monoisotopic (exact) mass is 602 g/mol. The summed E-state index contributed by atoms with van der Waals surface area (Å²) in [5.74, 6) is 0.218. The second-order valence-electron chi connectivity index (χ2n) is 9.57. The third-order valence-corrected chi connectivity index (χ3v) is 8.11. The van der Waals surface area contributed by atoms with Crippen molar-refractivity contribution < 1.29 is 27.6 Å². The predicted molar refractivity (Wildman–Crippen MR) is 163 cm³/mol. The number of nitrogens with one attached hydrogen (secondary N) is 1. The van der Waals surface area contributed by atoms with Gasteiger partial charge < -0.3 is 9.47 Å². The molecule has 0 heterocycles. The highest BCUT2D eigenvalue weighted by Crippen LogP contribution is 2.33. The zero-order valence-corrected chi connectivity index (χ0v) is 24.6. The minimum absolute atomic E-state index is 0.00923. The smallest absolute Gasteiger partial charge is 0.269 e. The molecule has 0 aliphatic heterocycles. The van der Waals surface area contributed by atoms with E-state index in [0.717, 1.165) is 21.0 Å². The van der Waals surface area contributed by atoms with Gasteiger partial charge in [-0.2, -0.15) is 5.10 Å². The number of carbonyl (C=O) groups is 1. The Morgan fingerprint density at radius 3 is 2.23 bits per heavy atom. The number of carbonyl (C=O) groups excluding carboxylic acids is 1. The van der Waals surface area contributed by atoms with E-state index in [0.29, 0.717) is 17.1 Å². The average molecular weight is 603 g/mol. The van der Waals surface area contributed by atoms with Crippen LogP contribution in [0.25, 0.3) is 0 Å². The lowest BCUT2D eigenvalue weighted by molar-refractivity contribution is -0.384. The van der Waals surface area contributed by atoms with Crippen LogP contribution in [-0.4, -0.2) is 39.1 Å². The van der Waals surface area contributed by atoms with Gasteiger partial charge in [0, 0.05) is 12.1 Å². The van der Waals surface area contributed by atoms with Crippen LogP contribution in [0.1, 0.15) is 22.3 Å². The van der Waals surface area contributed by atoms with Crippen molar-refractivity contribution in [3.8, 4) is 11.5 Å². The molecule has 43 heavy (non-hydrogen) atoms. The Bertz CT molecular complexity index is 1720. The van der Waals surface area contributed by atoms with Crippen molar-refractivity contribution in [1.82, 2.24) is 5.43 Å². The fourth-order valence-corrected chi connectivity index (χ4v) is 5.43. The Morgan fingerprint density at radius 2 is 1.60 bits per heavy atom. The molecule has 0 aliphatic carbocycles. The zero-order valence-electron chi connectivity index (χ0n) is 23.8. The number of benzene rings is 4. The first-order chi connectivity index (χ1) is 20.6. The van der Waals surface area contributed by atoms with Crippen LogP contribution < -0.4 is 19.2 Å². The molecule has 1 N–H and O–H groups in total. The molecule has 0 aliphatic rings. The SMILES string of the molecule is COc1ccc(C)cc1N(CC(=O)N/N=C\c1ccc(OCc2ccc([N+](=O)[O-])cc2)cc1)S(=O)(=O)c1ccc(C)cc1. The Kier molecular flexibility index (Phi) is 9.73. The summed E-state index contributed by atoms with van der Waals surface area (Å²) in [6.07, 6.45) is 1.42. The molecule has 0 saturated carbocycles.